The molecule has 0 fully saturated rings. The first-order valence-electron chi connectivity index (χ1n) is 14.0. The Kier molecular flexibility index (Phi) is 9.31. The zero-order valence-corrected chi connectivity index (χ0v) is 27.8. The van der Waals surface area contributed by atoms with E-state index in [0.717, 1.165) is 0 Å². The molecule has 0 saturated heterocycles. The van der Waals surface area contributed by atoms with E-state index < -0.39 is 31.9 Å². The van der Waals surface area contributed by atoms with Crippen molar-refractivity contribution >= 4 is 76.2 Å². The predicted octanol–water partition coefficient (Wildman–Crippen LogP) is 6.37. The number of carbonyl (C=O) groups is 2. The minimum absolute atomic E-state index is 0.0959. The highest BCUT2D eigenvalue weighted by molar-refractivity contribution is 7.93. The molecule has 2 aromatic heterocycles. The first-order valence-corrected chi connectivity index (χ1v) is 18.7. The van der Waals surface area contributed by atoms with Gasteiger partial charge in [-0.25, -0.2) is 26.8 Å². The molecule has 0 aliphatic rings. The number of hydrogen-bond acceptors (Lipinski definition) is 10. The molecule has 0 aliphatic carbocycles. The van der Waals surface area contributed by atoms with Crippen molar-refractivity contribution in [2.45, 2.75) is 9.79 Å². The molecule has 6 rings (SSSR count). The third-order valence-corrected chi connectivity index (χ3v) is 10.9. The normalized spacial score (nSPS) is 11.4. The SMILES string of the molecule is O=C(Nc1nc(-c2csc(NC(=O)c3cccc(NS(=O)(=O)c4ccccc4)c3)n2)cs1)c1cccc(NS(=O)(=O)c2ccccc2)c1. The van der Waals surface area contributed by atoms with E-state index in [2.05, 4.69) is 30.0 Å². The van der Waals surface area contributed by atoms with E-state index >= 15 is 0 Å². The molecule has 0 aliphatic heterocycles. The van der Waals surface area contributed by atoms with Crippen LogP contribution in [0.5, 0.6) is 0 Å². The van der Waals surface area contributed by atoms with Crippen molar-refractivity contribution in [2.24, 2.45) is 0 Å². The van der Waals surface area contributed by atoms with Crippen molar-refractivity contribution in [3.8, 4) is 11.4 Å². The molecular formula is C32H24N6O6S4. The summed E-state index contributed by atoms with van der Waals surface area (Å²) in [5.74, 6) is -0.979. The molecule has 48 heavy (non-hydrogen) atoms. The first-order chi connectivity index (χ1) is 23.1. The van der Waals surface area contributed by atoms with E-state index in [-0.39, 0.29) is 32.3 Å². The topological polar surface area (TPSA) is 176 Å². The molecule has 0 radical (unpaired) electrons. The Hall–Kier alpha value is -5.42. The number of nitrogens with zero attached hydrogens (tertiary/aromatic N) is 2. The summed E-state index contributed by atoms with van der Waals surface area (Å²) >= 11 is 2.34. The van der Waals surface area contributed by atoms with Gasteiger partial charge in [0.15, 0.2) is 10.3 Å². The molecule has 242 valence electrons. The number of sulfonamides is 2. The van der Waals surface area contributed by atoms with Gasteiger partial charge in [0.25, 0.3) is 31.9 Å². The van der Waals surface area contributed by atoms with Gasteiger partial charge in [-0.3, -0.25) is 29.7 Å². The minimum atomic E-state index is -3.83. The summed E-state index contributed by atoms with van der Waals surface area (Å²) in [7, 11) is -7.66. The third-order valence-electron chi connectivity index (χ3n) is 6.57. The molecule has 12 nitrogen and oxygen atoms in total. The van der Waals surface area contributed by atoms with Gasteiger partial charge in [-0.1, -0.05) is 48.5 Å². The number of amides is 2. The van der Waals surface area contributed by atoms with Crippen LogP contribution in [-0.2, 0) is 20.0 Å². The number of aromatic nitrogens is 2. The molecule has 2 amide bonds. The van der Waals surface area contributed by atoms with Crippen LogP contribution in [0.15, 0.2) is 130 Å². The summed E-state index contributed by atoms with van der Waals surface area (Å²) in [5.41, 5.74) is 1.82. The maximum atomic E-state index is 13.0. The fourth-order valence-corrected chi connectivity index (χ4v) is 7.85. The van der Waals surface area contributed by atoms with Crippen molar-refractivity contribution in [1.82, 2.24) is 9.97 Å². The second kappa shape index (κ2) is 13.7. The largest absolute Gasteiger partial charge is 0.298 e. The molecular weight excluding hydrogens is 693 g/mol. The number of benzene rings is 4. The second-order valence-corrected chi connectivity index (χ2v) is 15.1. The Labute approximate surface area is 283 Å². The Morgan fingerprint density at radius 3 is 1.31 bits per heavy atom. The molecule has 0 spiro atoms. The monoisotopic (exact) mass is 716 g/mol. The highest BCUT2D eigenvalue weighted by Crippen LogP contribution is 2.29. The van der Waals surface area contributed by atoms with Crippen LogP contribution in [0.25, 0.3) is 11.4 Å². The molecule has 6 aromatic rings. The number of hydrogen-bond donors (Lipinski definition) is 4. The number of anilines is 4. The predicted molar refractivity (Wildman–Crippen MR) is 187 cm³/mol. The Bertz CT molecular complexity index is 2160. The molecule has 0 unspecified atom stereocenters. The van der Waals surface area contributed by atoms with E-state index in [4.69, 9.17) is 0 Å². The fraction of sp³-hybridized carbons (Fsp3) is 0. The summed E-state index contributed by atoms with van der Waals surface area (Å²) in [6.07, 6.45) is 0. The molecule has 0 bridgehead atoms. The van der Waals surface area contributed by atoms with Crippen molar-refractivity contribution in [3.05, 3.63) is 131 Å². The van der Waals surface area contributed by atoms with Gasteiger partial charge < -0.3 is 0 Å². The first kappa shape index (κ1) is 32.5. The Morgan fingerprint density at radius 1 is 0.521 bits per heavy atom. The van der Waals surface area contributed by atoms with Gasteiger partial charge in [-0.05, 0) is 60.7 Å². The standard InChI is InChI=1S/C32H24N6O6S4/c39-29(21-9-7-11-23(17-21)37-47(41,42)25-13-3-1-4-14-25)35-31-33-27(19-45-31)28-20-46-32(34-28)36-30(40)22-10-8-12-24(18-22)38-48(43,44)26-15-5-2-6-16-26/h1-20,37-38H,(H,33,35,39)(H,34,36,40). The van der Waals surface area contributed by atoms with Gasteiger partial charge >= 0.3 is 0 Å². The number of thiazole rings is 2. The molecule has 0 saturated carbocycles. The molecule has 4 N–H and O–H groups in total. The van der Waals surface area contributed by atoms with Crippen LogP contribution in [0.4, 0.5) is 21.6 Å². The number of rotatable bonds is 11. The summed E-state index contributed by atoms with van der Waals surface area (Å²) in [4.78, 5) is 35.0. The van der Waals surface area contributed by atoms with Crippen molar-refractivity contribution in [1.29, 1.82) is 0 Å². The fourth-order valence-electron chi connectivity index (χ4n) is 4.31. The van der Waals surface area contributed by atoms with Gasteiger partial charge in [0.05, 0.1) is 9.79 Å². The van der Waals surface area contributed by atoms with Crippen LogP contribution in [0.3, 0.4) is 0 Å². The highest BCUT2D eigenvalue weighted by atomic mass is 32.2. The van der Waals surface area contributed by atoms with Gasteiger partial charge in [0.2, 0.25) is 0 Å². The van der Waals surface area contributed by atoms with Crippen molar-refractivity contribution in [2.75, 3.05) is 20.1 Å². The smallest absolute Gasteiger partial charge is 0.261 e. The van der Waals surface area contributed by atoms with Gasteiger partial charge in [-0.15, -0.1) is 22.7 Å². The van der Waals surface area contributed by atoms with Crippen molar-refractivity contribution in [3.63, 3.8) is 0 Å². The van der Waals surface area contributed by atoms with E-state index in [0.29, 0.717) is 21.7 Å². The lowest BCUT2D eigenvalue weighted by atomic mass is 10.2. The summed E-state index contributed by atoms with van der Waals surface area (Å²) in [5, 5.41) is 9.40. The van der Waals surface area contributed by atoms with Crippen LogP contribution in [-0.4, -0.2) is 38.6 Å². The van der Waals surface area contributed by atoms with Crippen molar-refractivity contribution < 1.29 is 26.4 Å². The van der Waals surface area contributed by atoms with E-state index in [1.807, 2.05) is 0 Å². The average Bonchev–Trinajstić information content (AvgIpc) is 3.75. The molecule has 0 atom stereocenters. The molecule has 4 aromatic carbocycles. The maximum Gasteiger partial charge on any atom is 0.261 e. The second-order valence-electron chi connectivity index (χ2n) is 9.98. The van der Waals surface area contributed by atoms with Crippen LogP contribution in [0.1, 0.15) is 20.7 Å². The zero-order chi connectivity index (χ0) is 33.7. The lowest BCUT2D eigenvalue weighted by molar-refractivity contribution is 0.101. The molecule has 16 heteroatoms. The number of nitrogens with one attached hydrogen (secondary N) is 4. The van der Waals surface area contributed by atoms with Crippen LogP contribution in [0.2, 0.25) is 0 Å². The van der Waals surface area contributed by atoms with E-state index in [9.17, 15) is 26.4 Å². The Morgan fingerprint density at radius 2 is 0.917 bits per heavy atom. The average molecular weight is 717 g/mol. The third kappa shape index (κ3) is 7.75. The zero-order valence-electron chi connectivity index (χ0n) is 24.5. The van der Waals surface area contributed by atoms with Gasteiger partial charge in [0, 0.05) is 33.3 Å². The van der Waals surface area contributed by atoms with Crippen LogP contribution < -0.4 is 20.1 Å². The van der Waals surface area contributed by atoms with Crippen LogP contribution in [0, 0.1) is 0 Å². The van der Waals surface area contributed by atoms with E-state index in [1.165, 1.54) is 59.1 Å². The molecule has 2 heterocycles. The highest BCUT2D eigenvalue weighted by Gasteiger charge is 2.18. The summed E-state index contributed by atoms with van der Waals surface area (Å²) < 4.78 is 55.7. The van der Waals surface area contributed by atoms with Crippen LogP contribution >= 0.6 is 22.7 Å². The maximum absolute atomic E-state index is 13.0. The van der Waals surface area contributed by atoms with E-state index in [1.54, 1.807) is 83.6 Å². The lowest BCUT2D eigenvalue weighted by Crippen LogP contribution is -2.15. The van der Waals surface area contributed by atoms with Gasteiger partial charge in [-0.2, -0.15) is 0 Å². The minimum Gasteiger partial charge on any atom is -0.298 e. The number of carbonyl (C=O) groups excluding carboxylic acids is 2. The summed E-state index contributed by atoms with van der Waals surface area (Å²) in [6.45, 7) is 0. The quantitative estimate of drug-likeness (QED) is 0.120. The Balaban J connectivity index is 1.08. The van der Waals surface area contributed by atoms with Gasteiger partial charge in [0.1, 0.15) is 11.4 Å². The lowest BCUT2D eigenvalue weighted by Gasteiger charge is -2.09. The summed E-state index contributed by atoms with van der Waals surface area (Å²) in [6, 6.07) is 27.9.